The average Bonchev–Trinajstić information content (AvgIpc) is 2.95. The van der Waals surface area contributed by atoms with Gasteiger partial charge < -0.3 is 5.11 Å². The lowest BCUT2D eigenvalue weighted by Crippen LogP contribution is -2.44. The van der Waals surface area contributed by atoms with Gasteiger partial charge in [-0.15, -0.1) is 0 Å². The maximum atomic E-state index is 11.6. The number of piperidine rings is 1. The van der Waals surface area contributed by atoms with Crippen LogP contribution in [0.2, 0.25) is 0 Å². The van der Waals surface area contributed by atoms with Crippen LogP contribution in [-0.2, 0) is 5.60 Å². The molecule has 0 bridgehead atoms. The Morgan fingerprint density at radius 1 is 1.32 bits per heavy atom. The molecule has 6 nitrogen and oxygen atoms in total. The molecule has 0 amide bonds. The Morgan fingerprint density at radius 3 is 2.59 bits per heavy atom. The first kappa shape index (κ1) is 15.0. The van der Waals surface area contributed by atoms with Gasteiger partial charge in [0.15, 0.2) is 0 Å². The molecule has 1 unspecified atom stereocenters. The molecule has 1 aromatic heterocycles. The molecule has 1 fully saturated rings. The molecule has 118 valence electrons. The van der Waals surface area contributed by atoms with E-state index in [-0.39, 0.29) is 11.7 Å². The molecule has 0 saturated carbocycles. The monoisotopic (exact) mass is 302 g/mol. The summed E-state index contributed by atoms with van der Waals surface area (Å²) in [5.74, 6) is 0. The SMILES string of the molecule is CC(O)(CN1CCC(n2cn[nH]c2=O)CC1)c1ccccc1. The average molecular weight is 302 g/mol. The number of hydrogen-bond acceptors (Lipinski definition) is 4. The van der Waals surface area contributed by atoms with E-state index in [2.05, 4.69) is 15.1 Å². The molecule has 3 rings (SSSR count). The van der Waals surface area contributed by atoms with Crippen LogP contribution >= 0.6 is 0 Å². The van der Waals surface area contributed by atoms with Crippen LogP contribution in [0.4, 0.5) is 0 Å². The summed E-state index contributed by atoms with van der Waals surface area (Å²) in [6.45, 7) is 4.19. The van der Waals surface area contributed by atoms with E-state index in [9.17, 15) is 9.90 Å². The van der Waals surface area contributed by atoms with Gasteiger partial charge in [0.25, 0.3) is 0 Å². The van der Waals surface area contributed by atoms with Gasteiger partial charge in [0.05, 0.1) is 5.60 Å². The number of β-amino-alcohol motifs (C(OH)–C–C–N with tert-alkyl or cyclic N) is 1. The lowest BCUT2D eigenvalue weighted by atomic mass is 9.94. The Morgan fingerprint density at radius 2 is 2.00 bits per heavy atom. The van der Waals surface area contributed by atoms with Crippen molar-refractivity contribution in [3.05, 3.63) is 52.7 Å². The minimum atomic E-state index is -0.861. The van der Waals surface area contributed by atoms with Crippen molar-refractivity contribution in [2.45, 2.75) is 31.4 Å². The van der Waals surface area contributed by atoms with E-state index < -0.39 is 5.60 Å². The number of aliphatic hydroxyl groups is 1. The number of nitrogens with zero attached hydrogens (tertiary/aromatic N) is 3. The van der Waals surface area contributed by atoms with E-state index >= 15 is 0 Å². The fourth-order valence-electron chi connectivity index (χ4n) is 3.20. The Labute approximate surface area is 129 Å². The largest absolute Gasteiger partial charge is 0.384 e. The third-order valence-corrected chi connectivity index (χ3v) is 4.45. The van der Waals surface area contributed by atoms with Gasteiger partial charge in [-0.3, -0.25) is 9.47 Å². The molecule has 1 saturated heterocycles. The number of benzene rings is 1. The topological polar surface area (TPSA) is 74.2 Å². The lowest BCUT2D eigenvalue weighted by molar-refractivity contribution is 0.00625. The molecule has 0 radical (unpaired) electrons. The molecular formula is C16H22N4O2. The molecule has 1 atom stereocenters. The third-order valence-electron chi connectivity index (χ3n) is 4.45. The van der Waals surface area contributed by atoms with Gasteiger partial charge in [-0.25, -0.2) is 9.89 Å². The molecule has 2 N–H and O–H groups in total. The predicted molar refractivity (Wildman–Crippen MR) is 83.6 cm³/mol. The Hall–Kier alpha value is -1.92. The van der Waals surface area contributed by atoms with Crippen molar-refractivity contribution < 1.29 is 5.11 Å². The van der Waals surface area contributed by atoms with Gasteiger partial charge in [0.1, 0.15) is 6.33 Å². The van der Waals surface area contributed by atoms with Crippen LogP contribution in [0.25, 0.3) is 0 Å². The first-order chi connectivity index (χ1) is 10.6. The van der Waals surface area contributed by atoms with Crippen molar-refractivity contribution in [2.75, 3.05) is 19.6 Å². The van der Waals surface area contributed by atoms with Gasteiger partial charge >= 0.3 is 5.69 Å². The van der Waals surface area contributed by atoms with Crippen LogP contribution in [0.1, 0.15) is 31.4 Å². The molecule has 6 heteroatoms. The van der Waals surface area contributed by atoms with E-state index in [0.717, 1.165) is 31.5 Å². The second-order valence-corrected chi connectivity index (χ2v) is 6.22. The van der Waals surface area contributed by atoms with Crippen molar-refractivity contribution in [1.29, 1.82) is 0 Å². The Balaban J connectivity index is 1.60. The predicted octanol–water partition coefficient (Wildman–Crippen LogP) is 1.12. The summed E-state index contributed by atoms with van der Waals surface area (Å²) in [5.41, 5.74) is -0.0708. The van der Waals surface area contributed by atoms with Crippen LogP contribution in [-0.4, -0.2) is 44.4 Å². The summed E-state index contributed by atoms with van der Waals surface area (Å²) in [7, 11) is 0. The maximum absolute atomic E-state index is 11.6. The second-order valence-electron chi connectivity index (χ2n) is 6.22. The molecule has 0 aliphatic carbocycles. The van der Waals surface area contributed by atoms with Gasteiger partial charge in [-0.1, -0.05) is 30.3 Å². The number of nitrogens with one attached hydrogen (secondary N) is 1. The van der Waals surface area contributed by atoms with E-state index in [1.54, 1.807) is 10.9 Å². The summed E-state index contributed by atoms with van der Waals surface area (Å²) in [6, 6.07) is 9.95. The smallest absolute Gasteiger partial charge is 0.343 e. The highest BCUT2D eigenvalue weighted by Crippen LogP contribution is 2.26. The van der Waals surface area contributed by atoms with Crippen molar-refractivity contribution >= 4 is 0 Å². The molecular weight excluding hydrogens is 280 g/mol. The first-order valence-corrected chi connectivity index (χ1v) is 7.68. The van der Waals surface area contributed by atoms with Crippen LogP contribution in [0.5, 0.6) is 0 Å². The third kappa shape index (κ3) is 3.13. The van der Waals surface area contributed by atoms with Gasteiger partial charge in [0.2, 0.25) is 0 Å². The minimum Gasteiger partial charge on any atom is -0.384 e. The zero-order valence-corrected chi connectivity index (χ0v) is 12.8. The molecule has 22 heavy (non-hydrogen) atoms. The van der Waals surface area contributed by atoms with Crippen molar-refractivity contribution in [2.24, 2.45) is 0 Å². The first-order valence-electron chi connectivity index (χ1n) is 7.68. The van der Waals surface area contributed by atoms with Crippen molar-refractivity contribution in [3.63, 3.8) is 0 Å². The normalized spacial score (nSPS) is 19.9. The number of likely N-dealkylation sites (tertiary alicyclic amines) is 1. The standard InChI is InChI=1S/C16H22N4O2/c1-16(22,13-5-3-2-4-6-13)11-19-9-7-14(8-10-19)20-12-17-18-15(20)21/h2-6,12,14,22H,7-11H2,1H3,(H,18,21). The number of aromatic amines is 1. The quantitative estimate of drug-likeness (QED) is 0.887. The number of aromatic nitrogens is 3. The number of rotatable bonds is 4. The Bertz CT molecular complexity index is 654. The van der Waals surface area contributed by atoms with E-state index in [4.69, 9.17) is 0 Å². The van der Waals surface area contributed by atoms with Crippen molar-refractivity contribution in [1.82, 2.24) is 19.7 Å². The fourth-order valence-corrected chi connectivity index (χ4v) is 3.20. The summed E-state index contributed by atoms with van der Waals surface area (Å²) in [5, 5.41) is 16.9. The highest BCUT2D eigenvalue weighted by atomic mass is 16.3. The van der Waals surface area contributed by atoms with E-state index in [1.807, 2.05) is 37.3 Å². The van der Waals surface area contributed by atoms with Crippen LogP contribution < -0.4 is 5.69 Å². The van der Waals surface area contributed by atoms with Gasteiger partial charge in [0, 0.05) is 25.7 Å². The Kier molecular flexibility index (Phi) is 4.13. The number of hydrogen-bond donors (Lipinski definition) is 2. The van der Waals surface area contributed by atoms with E-state index in [0.29, 0.717) is 6.54 Å². The van der Waals surface area contributed by atoms with E-state index in [1.165, 1.54) is 0 Å². The van der Waals surface area contributed by atoms with Crippen LogP contribution in [0, 0.1) is 0 Å². The zero-order valence-electron chi connectivity index (χ0n) is 12.8. The molecule has 1 aromatic carbocycles. The molecule has 1 aliphatic rings. The zero-order chi connectivity index (χ0) is 15.6. The lowest BCUT2D eigenvalue weighted by Gasteiger charge is -2.36. The maximum Gasteiger partial charge on any atom is 0.343 e. The van der Waals surface area contributed by atoms with Gasteiger partial charge in [-0.2, -0.15) is 5.10 Å². The highest BCUT2D eigenvalue weighted by molar-refractivity contribution is 5.21. The summed E-state index contributed by atoms with van der Waals surface area (Å²) >= 11 is 0. The van der Waals surface area contributed by atoms with Gasteiger partial charge in [-0.05, 0) is 25.3 Å². The summed E-state index contributed by atoms with van der Waals surface area (Å²) in [6.07, 6.45) is 3.36. The molecule has 2 aromatic rings. The molecule has 1 aliphatic heterocycles. The second kappa shape index (κ2) is 6.06. The van der Waals surface area contributed by atoms with Crippen LogP contribution in [0.15, 0.2) is 41.5 Å². The molecule has 0 spiro atoms. The minimum absolute atomic E-state index is 0.144. The van der Waals surface area contributed by atoms with Crippen LogP contribution in [0.3, 0.4) is 0 Å². The summed E-state index contributed by atoms with van der Waals surface area (Å²) in [4.78, 5) is 13.9. The van der Waals surface area contributed by atoms with Crippen molar-refractivity contribution in [3.8, 4) is 0 Å². The number of H-pyrrole nitrogens is 1. The summed E-state index contributed by atoms with van der Waals surface area (Å²) < 4.78 is 1.67. The molecule has 2 heterocycles. The fraction of sp³-hybridized carbons (Fsp3) is 0.500. The highest BCUT2D eigenvalue weighted by Gasteiger charge is 2.29.